The van der Waals surface area contributed by atoms with Crippen LogP contribution in [0.5, 0.6) is 0 Å². The molecule has 2 aromatic rings. The maximum absolute atomic E-state index is 12.6. The highest BCUT2D eigenvalue weighted by Gasteiger charge is 2.23. The third-order valence-corrected chi connectivity index (χ3v) is 4.83. The summed E-state index contributed by atoms with van der Waals surface area (Å²) < 4.78 is 0. The van der Waals surface area contributed by atoms with Crippen LogP contribution >= 0.6 is 11.6 Å². The maximum Gasteiger partial charge on any atom is 0.253 e. The molecule has 0 radical (unpaired) electrons. The summed E-state index contributed by atoms with van der Waals surface area (Å²) in [6, 6.07) is 11.7. The summed E-state index contributed by atoms with van der Waals surface area (Å²) in [6.45, 7) is 2.48. The first kappa shape index (κ1) is 18.7. The zero-order valence-corrected chi connectivity index (χ0v) is 16.0. The van der Waals surface area contributed by atoms with Crippen LogP contribution in [0.15, 0.2) is 42.6 Å². The minimum atomic E-state index is -0.0695. The van der Waals surface area contributed by atoms with E-state index in [2.05, 4.69) is 15.2 Å². The molecule has 1 amide bonds. The van der Waals surface area contributed by atoms with E-state index < -0.39 is 0 Å². The Kier molecular flexibility index (Phi) is 6.12. The van der Waals surface area contributed by atoms with E-state index in [0.29, 0.717) is 5.56 Å². The third kappa shape index (κ3) is 4.74. The van der Waals surface area contributed by atoms with Gasteiger partial charge in [0.2, 0.25) is 0 Å². The molecule has 1 aliphatic heterocycles. The smallest absolute Gasteiger partial charge is 0.253 e. The molecule has 26 heavy (non-hydrogen) atoms. The molecular formula is C20H25ClN4O. The fourth-order valence-corrected chi connectivity index (χ4v) is 3.52. The topological polar surface area (TPSA) is 48.5 Å². The highest BCUT2D eigenvalue weighted by atomic mass is 35.5. The van der Waals surface area contributed by atoms with E-state index in [0.717, 1.165) is 48.9 Å². The predicted molar refractivity (Wildman–Crippen MR) is 106 cm³/mol. The van der Waals surface area contributed by atoms with Crippen molar-refractivity contribution in [1.82, 2.24) is 15.2 Å². The van der Waals surface area contributed by atoms with Crippen LogP contribution in [-0.2, 0) is 6.54 Å². The number of amides is 1. The molecule has 1 N–H and O–H groups in total. The quantitative estimate of drug-likeness (QED) is 0.875. The van der Waals surface area contributed by atoms with E-state index in [1.54, 1.807) is 6.20 Å². The summed E-state index contributed by atoms with van der Waals surface area (Å²) in [7, 11) is 3.99. The Balaban J connectivity index is 1.61. The molecule has 0 spiro atoms. The van der Waals surface area contributed by atoms with Crippen LogP contribution in [0.1, 0.15) is 28.9 Å². The Morgan fingerprint density at radius 3 is 2.81 bits per heavy atom. The van der Waals surface area contributed by atoms with E-state index in [-0.39, 0.29) is 11.9 Å². The van der Waals surface area contributed by atoms with Crippen molar-refractivity contribution in [3.8, 4) is 0 Å². The van der Waals surface area contributed by atoms with Gasteiger partial charge in [0.05, 0.1) is 22.0 Å². The fraction of sp³-hybridized carbons (Fsp3) is 0.400. The number of nitrogens with one attached hydrogen (secondary N) is 1. The lowest BCUT2D eigenvalue weighted by Gasteiger charge is -2.35. The lowest BCUT2D eigenvalue weighted by molar-refractivity contribution is 0.0933. The molecule has 2 heterocycles. The number of halogens is 1. The van der Waals surface area contributed by atoms with Crippen molar-refractivity contribution in [2.75, 3.05) is 32.1 Å². The largest absolute Gasteiger partial charge is 0.368 e. The maximum atomic E-state index is 12.6. The van der Waals surface area contributed by atoms with Crippen LogP contribution in [0.2, 0.25) is 5.02 Å². The van der Waals surface area contributed by atoms with Crippen molar-refractivity contribution in [3.63, 3.8) is 0 Å². The van der Waals surface area contributed by atoms with Gasteiger partial charge in [0.25, 0.3) is 5.91 Å². The first-order valence-electron chi connectivity index (χ1n) is 8.93. The van der Waals surface area contributed by atoms with Gasteiger partial charge >= 0.3 is 0 Å². The second-order valence-corrected chi connectivity index (χ2v) is 7.39. The minimum absolute atomic E-state index is 0.0695. The zero-order valence-electron chi connectivity index (χ0n) is 15.3. The van der Waals surface area contributed by atoms with E-state index in [9.17, 15) is 4.79 Å². The number of hydrogen-bond acceptors (Lipinski definition) is 4. The molecule has 1 aromatic carbocycles. The average molecular weight is 373 g/mol. The Bertz CT molecular complexity index is 748. The van der Waals surface area contributed by atoms with Gasteiger partial charge in [-0.15, -0.1) is 0 Å². The molecular weight excluding hydrogens is 348 g/mol. The lowest BCUT2D eigenvalue weighted by Crippen LogP contribution is -2.48. The summed E-state index contributed by atoms with van der Waals surface area (Å²) in [5.41, 5.74) is 2.58. The second-order valence-electron chi connectivity index (χ2n) is 6.99. The molecule has 1 atom stereocenters. The Hall–Kier alpha value is -2.11. The molecule has 1 aromatic heterocycles. The molecule has 6 heteroatoms. The first-order chi connectivity index (χ1) is 12.5. The third-order valence-electron chi connectivity index (χ3n) is 4.51. The summed E-state index contributed by atoms with van der Waals surface area (Å²) in [6.07, 6.45) is 3.65. The standard InChI is InChI=1S/C20H25ClN4O/c1-24(2)13-16-10-9-15(12-22-16)20(26)23-17-6-5-11-25(14-17)19-8-4-3-7-18(19)21/h3-4,7-10,12,17H,5-6,11,13-14H2,1-2H3,(H,23,26). The molecule has 0 aliphatic carbocycles. The van der Waals surface area contributed by atoms with Crippen molar-refractivity contribution >= 4 is 23.2 Å². The van der Waals surface area contributed by atoms with Crippen molar-refractivity contribution in [3.05, 3.63) is 58.9 Å². The predicted octanol–water partition coefficient (Wildman–Crippen LogP) is 3.20. The number of pyridine rings is 1. The normalized spacial score (nSPS) is 17.4. The molecule has 1 unspecified atom stereocenters. The molecule has 1 aliphatic rings. The van der Waals surface area contributed by atoms with Gasteiger partial charge in [-0.2, -0.15) is 0 Å². The van der Waals surface area contributed by atoms with Crippen molar-refractivity contribution in [2.24, 2.45) is 0 Å². The van der Waals surface area contributed by atoms with Gasteiger partial charge in [0.15, 0.2) is 0 Å². The van der Waals surface area contributed by atoms with E-state index in [1.165, 1.54) is 0 Å². The number of hydrogen-bond donors (Lipinski definition) is 1. The number of para-hydroxylation sites is 1. The van der Waals surface area contributed by atoms with Crippen LogP contribution in [0.3, 0.4) is 0 Å². The van der Waals surface area contributed by atoms with Crippen molar-refractivity contribution in [1.29, 1.82) is 0 Å². The van der Waals surface area contributed by atoms with Crippen molar-refractivity contribution in [2.45, 2.75) is 25.4 Å². The Labute approximate surface area is 160 Å². The number of nitrogens with zero attached hydrogens (tertiary/aromatic N) is 3. The molecule has 0 bridgehead atoms. The van der Waals surface area contributed by atoms with Crippen LogP contribution < -0.4 is 10.2 Å². The number of aromatic nitrogens is 1. The number of anilines is 1. The molecule has 1 saturated heterocycles. The molecule has 5 nitrogen and oxygen atoms in total. The van der Waals surface area contributed by atoms with E-state index >= 15 is 0 Å². The summed E-state index contributed by atoms with van der Waals surface area (Å²) in [4.78, 5) is 21.2. The van der Waals surface area contributed by atoms with Gasteiger partial charge in [-0.25, -0.2) is 0 Å². The lowest BCUT2D eigenvalue weighted by atomic mass is 10.0. The van der Waals surface area contributed by atoms with E-state index in [1.807, 2.05) is 55.4 Å². The number of carbonyl (C=O) groups excluding carboxylic acids is 1. The SMILES string of the molecule is CN(C)Cc1ccc(C(=O)NC2CCCN(c3ccccc3Cl)C2)cn1. The molecule has 138 valence electrons. The molecule has 3 rings (SSSR count). The van der Waals surface area contributed by atoms with Gasteiger partial charge in [0.1, 0.15) is 0 Å². The molecule has 1 fully saturated rings. The molecule has 0 saturated carbocycles. The number of carbonyl (C=O) groups is 1. The number of rotatable bonds is 5. The van der Waals surface area contributed by atoms with Gasteiger partial charge in [-0.1, -0.05) is 23.7 Å². The van der Waals surface area contributed by atoms with Gasteiger partial charge in [0, 0.05) is 31.9 Å². The van der Waals surface area contributed by atoms with Crippen molar-refractivity contribution < 1.29 is 4.79 Å². The highest BCUT2D eigenvalue weighted by molar-refractivity contribution is 6.33. The van der Waals surface area contributed by atoms with Gasteiger partial charge in [-0.3, -0.25) is 9.78 Å². The van der Waals surface area contributed by atoms with E-state index in [4.69, 9.17) is 11.6 Å². The minimum Gasteiger partial charge on any atom is -0.368 e. The monoisotopic (exact) mass is 372 g/mol. The summed E-state index contributed by atoms with van der Waals surface area (Å²) in [5.74, 6) is -0.0695. The second kappa shape index (κ2) is 8.52. The fourth-order valence-electron chi connectivity index (χ4n) is 3.27. The Morgan fingerprint density at radius 2 is 2.12 bits per heavy atom. The average Bonchev–Trinajstić information content (AvgIpc) is 2.62. The van der Waals surface area contributed by atoms with Crippen LogP contribution in [0, 0.1) is 0 Å². The highest BCUT2D eigenvalue weighted by Crippen LogP contribution is 2.27. The van der Waals surface area contributed by atoms with Gasteiger partial charge in [-0.05, 0) is 51.2 Å². The van der Waals surface area contributed by atoms with Crippen LogP contribution in [0.4, 0.5) is 5.69 Å². The Morgan fingerprint density at radius 1 is 1.31 bits per heavy atom. The summed E-state index contributed by atoms with van der Waals surface area (Å²) in [5, 5.41) is 3.89. The first-order valence-corrected chi connectivity index (χ1v) is 9.31. The van der Waals surface area contributed by atoms with Crippen LogP contribution in [0.25, 0.3) is 0 Å². The van der Waals surface area contributed by atoms with Crippen LogP contribution in [-0.4, -0.2) is 49.0 Å². The number of piperidine rings is 1. The summed E-state index contributed by atoms with van der Waals surface area (Å²) >= 11 is 6.32. The number of benzene rings is 1. The van der Waals surface area contributed by atoms with Gasteiger partial charge < -0.3 is 15.1 Å². The zero-order chi connectivity index (χ0) is 18.5.